The van der Waals surface area contributed by atoms with Gasteiger partial charge in [0.15, 0.2) is 0 Å². The van der Waals surface area contributed by atoms with Gasteiger partial charge in [0.05, 0.1) is 10.5 Å². The van der Waals surface area contributed by atoms with Gasteiger partial charge < -0.3 is 4.90 Å². The highest BCUT2D eigenvalue weighted by molar-refractivity contribution is 7.89. The molecule has 0 saturated carbocycles. The predicted octanol–water partition coefficient (Wildman–Crippen LogP) is 1.44. The lowest BCUT2D eigenvalue weighted by Crippen LogP contribution is -2.53. The zero-order valence-electron chi connectivity index (χ0n) is 13.6. The molecule has 1 aliphatic heterocycles. The van der Waals surface area contributed by atoms with Crippen LogP contribution in [0, 0.1) is 16.7 Å². The molecule has 1 saturated heterocycles. The Labute approximate surface area is 137 Å². The maximum Gasteiger partial charge on any atom is 0.244 e. The Hall–Kier alpha value is -1.91. The molecule has 0 aliphatic carbocycles. The summed E-state index contributed by atoms with van der Waals surface area (Å²) in [5.74, 6) is 0.0203. The van der Waals surface area contributed by atoms with E-state index < -0.39 is 15.4 Å². The van der Waals surface area contributed by atoms with Crippen LogP contribution in [0.3, 0.4) is 0 Å². The lowest BCUT2D eigenvalue weighted by molar-refractivity contribution is -0.140. The van der Waals surface area contributed by atoms with Crippen molar-refractivity contribution in [2.45, 2.75) is 25.7 Å². The third kappa shape index (κ3) is 3.54. The molecule has 2 rings (SSSR count). The Balaban J connectivity index is 2.17. The second kappa shape index (κ2) is 6.30. The van der Waals surface area contributed by atoms with Crippen molar-refractivity contribution in [1.82, 2.24) is 9.21 Å². The number of carbonyl (C=O) groups excluding carboxylic acids is 1. The van der Waals surface area contributed by atoms with Gasteiger partial charge in [0.1, 0.15) is 6.07 Å². The molecule has 1 aromatic rings. The van der Waals surface area contributed by atoms with Crippen molar-refractivity contribution in [2.24, 2.45) is 5.41 Å². The number of amides is 1. The highest BCUT2D eigenvalue weighted by atomic mass is 32.2. The summed E-state index contributed by atoms with van der Waals surface area (Å²) >= 11 is 0. The normalized spacial score (nSPS) is 16.9. The topological polar surface area (TPSA) is 81.5 Å². The Morgan fingerprint density at radius 1 is 1.13 bits per heavy atom. The van der Waals surface area contributed by atoms with Crippen molar-refractivity contribution in [3.8, 4) is 6.07 Å². The van der Waals surface area contributed by atoms with E-state index in [4.69, 9.17) is 5.26 Å². The van der Waals surface area contributed by atoms with Gasteiger partial charge in [-0.15, -0.1) is 0 Å². The van der Waals surface area contributed by atoms with Gasteiger partial charge in [0.25, 0.3) is 0 Å². The number of hydrogen-bond donors (Lipinski definition) is 0. The number of nitrogens with zero attached hydrogens (tertiary/aromatic N) is 3. The van der Waals surface area contributed by atoms with Crippen LogP contribution in [-0.4, -0.2) is 49.7 Å². The number of hydrogen-bond acceptors (Lipinski definition) is 4. The maximum atomic E-state index is 12.7. The molecule has 0 radical (unpaired) electrons. The lowest BCUT2D eigenvalue weighted by atomic mass is 9.94. The molecule has 1 heterocycles. The van der Waals surface area contributed by atoms with Crippen molar-refractivity contribution in [3.63, 3.8) is 0 Å². The van der Waals surface area contributed by atoms with E-state index in [1.165, 1.54) is 16.4 Å². The van der Waals surface area contributed by atoms with Gasteiger partial charge in [-0.2, -0.15) is 9.57 Å². The fourth-order valence-electron chi connectivity index (χ4n) is 2.53. The molecule has 124 valence electrons. The van der Waals surface area contributed by atoms with Gasteiger partial charge in [-0.05, 0) is 12.1 Å². The summed E-state index contributed by atoms with van der Waals surface area (Å²) in [5.41, 5.74) is -0.338. The van der Waals surface area contributed by atoms with E-state index in [0.29, 0.717) is 13.1 Å². The van der Waals surface area contributed by atoms with Crippen LogP contribution in [0.1, 0.15) is 26.3 Å². The second-order valence-electron chi connectivity index (χ2n) is 6.55. The van der Waals surface area contributed by atoms with Gasteiger partial charge in [-0.25, -0.2) is 8.42 Å². The third-order valence-corrected chi connectivity index (χ3v) is 5.75. The van der Waals surface area contributed by atoms with E-state index >= 15 is 0 Å². The largest absolute Gasteiger partial charge is 0.340 e. The molecule has 0 spiro atoms. The summed E-state index contributed by atoms with van der Waals surface area (Å²) in [7, 11) is -3.72. The molecular weight excluding hydrogens is 314 g/mol. The maximum absolute atomic E-state index is 12.7. The fourth-order valence-corrected chi connectivity index (χ4v) is 4.09. The van der Waals surface area contributed by atoms with Gasteiger partial charge >= 0.3 is 0 Å². The first-order chi connectivity index (χ1) is 10.7. The van der Waals surface area contributed by atoms with Gasteiger partial charge in [0, 0.05) is 31.6 Å². The van der Waals surface area contributed by atoms with Gasteiger partial charge in [-0.3, -0.25) is 4.79 Å². The number of benzene rings is 1. The van der Waals surface area contributed by atoms with Crippen LogP contribution < -0.4 is 0 Å². The number of carbonyl (C=O) groups is 1. The molecule has 0 unspecified atom stereocenters. The summed E-state index contributed by atoms with van der Waals surface area (Å²) in [6.45, 7) is 6.76. The van der Waals surface area contributed by atoms with Crippen LogP contribution in [0.5, 0.6) is 0 Å². The fraction of sp³-hybridized carbons (Fsp3) is 0.500. The molecule has 0 aromatic heterocycles. The van der Waals surface area contributed by atoms with Crippen LogP contribution in [0.4, 0.5) is 0 Å². The Bertz CT molecular complexity index is 737. The molecule has 6 nitrogen and oxygen atoms in total. The number of sulfonamides is 1. The van der Waals surface area contributed by atoms with Crippen molar-refractivity contribution in [3.05, 3.63) is 29.8 Å². The smallest absolute Gasteiger partial charge is 0.244 e. The van der Waals surface area contributed by atoms with Crippen molar-refractivity contribution in [1.29, 1.82) is 5.26 Å². The van der Waals surface area contributed by atoms with E-state index in [-0.39, 0.29) is 29.5 Å². The predicted molar refractivity (Wildman–Crippen MR) is 86.0 cm³/mol. The minimum absolute atomic E-state index is 0.0203. The van der Waals surface area contributed by atoms with Crippen LogP contribution in [0.2, 0.25) is 0 Å². The van der Waals surface area contributed by atoms with Crippen LogP contribution >= 0.6 is 0 Å². The summed E-state index contributed by atoms with van der Waals surface area (Å²) in [6, 6.07) is 8.10. The zero-order valence-corrected chi connectivity index (χ0v) is 14.4. The van der Waals surface area contributed by atoms with Gasteiger partial charge in [-0.1, -0.05) is 32.9 Å². The van der Waals surface area contributed by atoms with E-state index in [1.54, 1.807) is 17.0 Å². The molecule has 0 bridgehead atoms. The van der Waals surface area contributed by atoms with Crippen molar-refractivity contribution in [2.75, 3.05) is 26.2 Å². The zero-order chi connectivity index (χ0) is 17.3. The van der Waals surface area contributed by atoms with E-state index in [0.717, 1.165) is 0 Å². The molecule has 1 aromatic carbocycles. The summed E-state index contributed by atoms with van der Waals surface area (Å²) in [5, 5.41) is 9.10. The Morgan fingerprint density at radius 3 is 2.22 bits per heavy atom. The molecule has 1 aliphatic rings. The second-order valence-corrected chi connectivity index (χ2v) is 8.46. The van der Waals surface area contributed by atoms with Crippen LogP contribution in [-0.2, 0) is 14.8 Å². The van der Waals surface area contributed by atoms with Crippen LogP contribution in [0.15, 0.2) is 29.2 Å². The monoisotopic (exact) mass is 335 g/mol. The Morgan fingerprint density at radius 2 is 1.70 bits per heavy atom. The average molecular weight is 335 g/mol. The van der Waals surface area contributed by atoms with Crippen molar-refractivity contribution < 1.29 is 13.2 Å². The molecule has 0 atom stereocenters. The summed E-state index contributed by atoms with van der Waals surface area (Å²) in [6.07, 6.45) is 0. The van der Waals surface area contributed by atoms with E-state index in [9.17, 15) is 13.2 Å². The molecule has 1 fully saturated rings. The highest BCUT2D eigenvalue weighted by Gasteiger charge is 2.34. The molecule has 7 heteroatoms. The number of piperazine rings is 1. The molecular formula is C16H21N3O3S. The highest BCUT2D eigenvalue weighted by Crippen LogP contribution is 2.23. The van der Waals surface area contributed by atoms with Crippen molar-refractivity contribution >= 4 is 15.9 Å². The first kappa shape index (κ1) is 17.4. The molecule has 0 N–H and O–H groups in total. The summed E-state index contributed by atoms with van der Waals surface area (Å²) in [4.78, 5) is 14.0. The molecule has 23 heavy (non-hydrogen) atoms. The quantitative estimate of drug-likeness (QED) is 0.819. The average Bonchev–Trinajstić information content (AvgIpc) is 2.53. The van der Waals surface area contributed by atoms with Crippen LogP contribution in [0.25, 0.3) is 0 Å². The minimum Gasteiger partial charge on any atom is -0.340 e. The number of nitriles is 1. The first-order valence-electron chi connectivity index (χ1n) is 7.46. The summed E-state index contributed by atoms with van der Waals surface area (Å²) < 4.78 is 26.8. The third-order valence-electron chi connectivity index (χ3n) is 3.79. The minimum atomic E-state index is -3.72. The molecule has 1 amide bonds. The SMILES string of the molecule is CC(C)(C)C(=O)N1CCN(S(=O)(=O)c2ccccc2C#N)CC1. The van der Waals surface area contributed by atoms with Gasteiger partial charge in [0.2, 0.25) is 15.9 Å². The van der Waals surface area contributed by atoms with E-state index in [1.807, 2.05) is 26.8 Å². The first-order valence-corrected chi connectivity index (χ1v) is 8.90. The lowest BCUT2D eigenvalue weighted by Gasteiger charge is -2.37. The number of rotatable bonds is 2. The Kier molecular flexibility index (Phi) is 4.78. The van der Waals surface area contributed by atoms with E-state index in [2.05, 4.69) is 0 Å². The standard InChI is InChI=1S/C16H21N3O3S/c1-16(2,3)15(20)18-8-10-19(11-9-18)23(21,22)14-7-5-4-6-13(14)12-17/h4-7H,8-11H2,1-3H3.